The molecule has 32 heavy (non-hydrogen) atoms. The van der Waals surface area contributed by atoms with Gasteiger partial charge in [-0.2, -0.15) is 0 Å². The Morgan fingerprint density at radius 2 is 1.56 bits per heavy atom. The maximum Gasteiger partial charge on any atom is 0.252 e. The largest absolute Gasteiger partial charge is 0.418 e. The molecular formula is C26H24ClN3O2. The van der Waals surface area contributed by atoms with E-state index in [1.54, 1.807) is 12.1 Å². The van der Waals surface area contributed by atoms with Gasteiger partial charge in [0.15, 0.2) is 0 Å². The number of amides is 1. The Morgan fingerprint density at radius 3 is 2.19 bits per heavy atom. The molecule has 4 rings (SSSR count). The van der Waals surface area contributed by atoms with Crippen LogP contribution in [0.5, 0.6) is 0 Å². The molecule has 6 heteroatoms. The molecule has 0 aliphatic rings. The lowest BCUT2D eigenvalue weighted by atomic mass is 9.86. The fourth-order valence-electron chi connectivity index (χ4n) is 3.33. The lowest BCUT2D eigenvalue weighted by Crippen LogP contribution is -2.29. The van der Waals surface area contributed by atoms with Crippen molar-refractivity contribution in [3.05, 3.63) is 106 Å². The van der Waals surface area contributed by atoms with Crippen LogP contribution in [0.25, 0.3) is 11.5 Å². The van der Waals surface area contributed by atoms with Crippen molar-refractivity contribution in [2.24, 2.45) is 0 Å². The zero-order valence-electron chi connectivity index (χ0n) is 18.2. The molecule has 0 saturated heterocycles. The predicted octanol–water partition coefficient (Wildman–Crippen LogP) is 6.21. The van der Waals surface area contributed by atoms with Crippen molar-refractivity contribution in [1.29, 1.82) is 0 Å². The van der Waals surface area contributed by atoms with Crippen LogP contribution < -0.4 is 5.32 Å². The van der Waals surface area contributed by atoms with Gasteiger partial charge in [-0.1, -0.05) is 74.8 Å². The van der Waals surface area contributed by atoms with Gasteiger partial charge < -0.3 is 9.73 Å². The van der Waals surface area contributed by atoms with E-state index in [4.69, 9.17) is 16.0 Å². The average molecular weight is 446 g/mol. The second-order valence-corrected chi connectivity index (χ2v) is 9.03. The van der Waals surface area contributed by atoms with E-state index in [0.29, 0.717) is 22.4 Å². The summed E-state index contributed by atoms with van der Waals surface area (Å²) in [4.78, 5) is 13.1. The van der Waals surface area contributed by atoms with Crippen LogP contribution in [0.1, 0.15) is 54.2 Å². The highest BCUT2D eigenvalue weighted by Crippen LogP contribution is 2.27. The summed E-state index contributed by atoms with van der Waals surface area (Å²) in [6.45, 7) is 6.41. The number of nitrogens with one attached hydrogen (secondary N) is 1. The summed E-state index contributed by atoms with van der Waals surface area (Å²) in [7, 11) is 0. The van der Waals surface area contributed by atoms with E-state index in [2.05, 4.69) is 36.3 Å². The number of carbonyl (C=O) groups is 1. The Balaban J connectivity index is 1.64. The van der Waals surface area contributed by atoms with Crippen molar-refractivity contribution < 1.29 is 9.21 Å². The third-order valence-corrected chi connectivity index (χ3v) is 5.45. The first-order chi connectivity index (χ1) is 15.3. The first-order valence-electron chi connectivity index (χ1n) is 10.4. The lowest BCUT2D eigenvalue weighted by molar-refractivity contribution is 0.0938. The Kier molecular flexibility index (Phi) is 6.10. The highest BCUT2D eigenvalue weighted by atomic mass is 35.5. The first kappa shape index (κ1) is 21.8. The van der Waals surface area contributed by atoms with Gasteiger partial charge in [0.25, 0.3) is 5.91 Å². The molecule has 1 atom stereocenters. The van der Waals surface area contributed by atoms with Gasteiger partial charge in [0.05, 0.1) is 0 Å². The number of halogens is 1. The molecule has 0 fully saturated rings. The summed E-state index contributed by atoms with van der Waals surface area (Å²) in [6, 6.07) is 23.7. The maximum atomic E-state index is 13.1. The minimum Gasteiger partial charge on any atom is -0.418 e. The highest BCUT2D eigenvalue weighted by Gasteiger charge is 2.24. The van der Waals surface area contributed by atoms with Crippen molar-refractivity contribution in [3.8, 4) is 11.5 Å². The zero-order chi connectivity index (χ0) is 22.7. The van der Waals surface area contributed by atoms with Crippen LogP contribution in [0.2, 0.25) is 5.02 Å². The molecule has 1 unspecified atom stereocenters. The van der Waals surface area contributed by atoms with E-state index in [1.807, 2.05) is 66.7 Å². The van der Waals surface area contributed by atoms with Crippen LogP contribution in [0, 0.1) is 0 Å². The summed E-state index contributed by atoms with van der Waals surface area (Å²) >= 11 is 6.06. The van der Waals surface area contributed by atoms with E-state index in [9.17, 15) is 4.79 Å². The molecule has 1 heterocycles. The van der Waals surface area contributed by atoms with Crippen molar-refractivity contribution >= 4 is 17.5 Å². The van der Waals surface area contributed by atoms with Gasteiger partial charge >= 0.3 is 0 Å². The summed E-state index contributed by atoms with van der Waals surface area (Å²) in [6.07, 6.45) is 0. The van der Waals surface area contributed by atoms with E-state index < -0.39 is 6.04 Å². The van der Waals surface area contributed by atoms with Crippen molar-refractivity contribution in [1.82, 2.24) is 15.5 Å². The minimum atomic E-state index is -0.618. The molecule has 3 aromatic carbocycles. The number of hydrogen-bond donors (Lipinski definition) is 1. The van der Waals surface area contributed by atoms with Gasteiger partial charge in [-0.15, -0.1) is 10.2 Å². The molecule has 5 nitrogen and oxygen atoms in total. The standard InChI is InChI=1S/C26H24ClN3O2/c1-26(2,3)20-13-9-18(10-14-20)23(31)28-22(17-11-15-21(27)16-12-17)25-30-29-24(32-25)19-7-5-4-6-8-19/h4-16,22H,1-3H3,(H,28,31). The minimum absolute atomic E-state index is 0.0123. The van der Waals surface area contributed by atoms with Crippen LogP contribution in [-0.2, 0) is 5.41 Å². The number of hydrogen-bond acceptors (Lipinski definition) is 4. The summed E-state index contributed by atoms with van der Waals surface area (Å²) < 4.78 is 5.95. The molecule has 0 aliphatic carbocycles. The molecule has 1 N–H and O–H groups in total. The van der Waals surface area contributed by atoms with E-state index >= 15 is 0 Å². The Hall–Kier alpha value is -3.44. The van der Waals surface area contributed by atoms with Crippen LogP contribution in [0.3, 0.4) is 0 Å². The fraction of sp³-hybridized carbons (Fsp3) is 0.192. The molecule has 0 aliphatic heterocycles. The summed E-state index contributed by atoms with van der Waals surface area (Å²) in [5.74, 6) is 0.457. The monoisotopic (exact) mass is 445 g/mol. The number of aromatic nitrogens is 2. The SMILES string of the molecule is CC(C)(C)c1ccc(C(=O)NC(c2ccc(Cl)cc2)c2nnc(-c3ccccc3)o2)cc1. The van der Waals surface area contributed by atoms with Crippen LogP contribution in [0.4, 0.5) is 0 Å². The predicted molar refractivity (Wildman–Crippen MR) is 126 cm³/mol. The fourth-order valence-corrected chi connectivity index (χ4v) is 3.45. The van der Waals surface area contributed by atoms with E-state index in [0.717, 1.165) is 16.7 Å². The molecule has 0 saturated carbocycles. The van der Waals surface area contributed by atoms with Gasteiger partial charge in [-0.3, -0.25) is 4.79 Å². The quantitative estimate of drug-likeness (QED) is 0.396. The molecule has 1 aromatic heterocycles. The Bertz CT molecular complexity index is 1190. The van der Waals surface area contributed by atoms with Crippen LogP contribution in [-0.4, -0.2) is 16.1 Å². The molecule has 1 amide bonds. The molecule has 4 aromatic rings. The van der Waals surface area contributed by atoms with Gasteiger partial charge in [-0.25, -0.2) is 0 Å². The highest BCUT2D eigenvalue weighted by molar-refractivity contribution is 6.30. The van der Waals surface area contributed by atoms with Crippen molar-refractivity contribution in [2.75, 3.05) is 0 Å². The smallest absolute Gasteiger partial charge is 0.252 e. The Morgan fingerprint density at radius 1 is 0.906 bits per heavy atom. The lowest BCUT2D eigenvalue weighted by Gasteiger charge is -2.20. The van der Waals surface area contributed by atoms with Gasteiger partial charge in [0.1, 0.15) is 6.04 Å². The third-order valence-electron chi connectivity index (χ3n) is 5.20. The normalized spacial score (nSPS) is 12.4. The summed E-state index contributed by atoms with van der Waals surface area (Å²) in [5.41, 5.74) is 3.33. The Labute approximate surface area is 192 Å². The second-order valence-electron chi connectivity index (χ2n) is 8.60. The topological polar surface area (TPSA) is 68.0 Å². The number of benzene rings is 3. The van der Waals surface area contributed by atoms with E-state index in [-0.39, 0.29) is 11.3 Å². The van der Waals surface area contributed by atoms with Crippen LogP contribution >= 0.6 is 11.6 Å². The molecule has 0 radical (unpaired) electrons. The van der Waals surface area contributed by atoms with Crippen molar-refractivity contribution in [3.63, 3.8) is 0 Å². The van der Waals surface area contributed by atoms with Gasteiger partial charge in [0.2, 0.25) is 11.8 Å². The van der Waals surface area contributed by atoms with Gasteiger partial charge in [-0.05, 0) is 52.9 Å². The maximum absolute atomic E-state index is 13.1. The van der Waals surface area contributed by atoms with Crippen molar-refractivity contribution in [2.45, 2.75) is 32.2 Å². The third kappa shape index (κ3) is 4.89. The number of nitrogens with zero attached hydrogens (tertiary/aromatic N) is 2. The molecule has 0 spiro atoms. The zero-order valence-corrected chi connectivity index (χ0v) is 18.9. The van der Waals surface area contributed by atoms with E-state index in [1.165, 1.54) is 0 Å². The summed E-state index contributed by atoms with van der Waals surface area (Å²) in [5, 5.41) is 12.0. The number of carbonyl (C=O) groups excluding carboxylic acids is 1. The average Bonchev–Trinajstić information content (AvgIpc) is 3.28. The number of rotatable bonds is 5. The second kappa shape index (κ2) is 8.97. The van der Waals surface area contributed by atoms with Crippen LogP contribution in [0.15, 0.2) is 83.3 Å². The molecule has 0 bridgehead atoms. The first-order valence-corrected chi connectivity index (χ1v) is 10.7. The molecule has 162 valence electrons. The molecular weight excluding hydrogens is 422 g/mol. The van der Waals surface area contributed by atoms with Gasteiger partial charge in [0, 0.05) is 16.1 Å².